The zero-order valence-electron chi connectivity index (χ0n) is 22.0. The standard InChI is InChI=1S/C31H36F3NO/c1-20(2)15-29(21(3)36)25-16-24(23-9-13-27(14-10-23)31(32,33)34)17-28(18-25)35-19-22-7-11-26(12-8-22)30(4,5)6/h7-14,16-18,20,29,35H,15,19H2,1-6H3. The highest BCUT2D eigenvalue weighted by atomic mass is 19.4. The molecule has 1 N–H and O–H groups in total. The first kappa shape index (κ1) is 27.5. The summed E-state index contributed by atoms with van der Waals surface area (Å²) in [6.45, 7) is 12.9. The fourth-order valence-electron chi connectivity index (χ4n) is 4.31. The van der Waals surface area contributed by atoms with Crippen LogP contribution in [0.15, 0.2) is 66.7 Å². The second-order valence-electron chi connectivity index (χ2n) is 11.0. The lowest BCUT2D eigenvalue weighted by Gasteiger charge is -2.20. The van der Waals surface area contributed by atoms with Gasteiger partial charge in [0.15, 0.2) is 0 Å². The van der Waals surface area contributed by atoms with Crippen LogP contribution >= 0.6 is 0 Å². The van der Waals surface area contributed by atoms with Gasteiger partial charge in [0.1, 0.15) is 5.78 Å². The van der Waals surface area contributed by atoms with Gasteiger partial charge in [0, 0.05) is 18.2 Å². The fourth-order valence-corrected chi connectivity index (χ4v) is 4.31. The van der Waals surface area contributed by atoms with Crippen molar-refractivity contribution < 1.29 is 18.0 Å². The molecule has 0 aromatic heterocycles. The number of anilines is 1. The average Bonchev–Trinajstić information content (AvgIpc) is 2.80. The summed E-state index contributed by atoms with van der Waals surface area (Å²) in [5.41, 5.74) is 4.94. The topological polar surface area (TPSA) is 29.1 Å². The molecule has 3 aromatic rings. The van der Waals surface area contributed by atoms with Crippen molar-refractivity contribution in [1.29, 1.82) is 0 Å². The predicted octanol–water partition coefficient (Wildman–Crippen LogP) is 9.00. The lowest BCUT2D eigenvalue weighted by atomic mass is 9.85. The lowest BCUT2D eigenvalue weighted by molar-refractivity contribution is -0.137. The zero-order chi connectivity index (χ0) is 26.7. The molecule has 0 bridgehead atoms. The summed E-state index contributed by atoms with van der Waals surface area (Å²) in [4.78, 5) is 12.5. The van der Waals surface area contributed by atoms with Crippen LogP contribution in [0.1, 0.15) is 76.1 Å². The minimum Gasteiger partial charge on any atom is -0.381 e. The van der Waals surface area contributed by atoms with E-state index in [0.29, 0.717) is 24.4 Å². The minimum absolute atomic E-state index is 0.0783. The molecule has 5 heteroatoms. The van der Waals surface area contributed by atoms with Gasteiger partial charge in [0.2, 0.25) is 0 Å². The van der Waals surface area contributed by atoms with E-state index in [1.807, 2.05) is 18.2 Å². The van der Waals surface area contributed by atoms with Crippen molar-refractivity contribution in [1.82, 2.24) is 0 Å². The van der Waals surface area contributed by atoms with Gasteiger partial charge >= 0.3 is 6.18 Å². The zero-order valence-corrected chi connectivity index (χ0v) is 22.0. The average molecular weight is 496 g/mol. The summed E-state index contributed by atoms with van der Waals surface area (Å²) >= 11 is 0. The molecule has 1 atom stereocenters. The van der Waals surface area contributed by atoms with Gasteiger partial charge in [-0.05, 0) is 76.8 Å². The third kappa shape index (κ3) is 7.22. The van der Waals surface area contributed by atoms with Crippen molar-refractivity contribution in [3.63, 3.8) is 0 Å². The van der Waals surface area contributed by atoms with Crippen LogP contribution in [-0.4, -0.2) is 5.78 Å². The van der Waals surface area contributed by atoms with Gasteiger partial charge < -0.3 is 5.32 Å². The highest BCUT2D eigenvalue weighted by Gasteiger charge is 2.30. The lowest BCUT2D eigenvalue weighted by Crippen LogP contribution is -2.13. The van der Waals surface area contributed by atoms with Crippen LogP contribution in [0.2, 0.25) is 0 Å². The van der Waals surface area contributed by atoms with Crippen LogP contribution in [0.4, 0.5) is 18.9 Å². The van der Waals surface area contributed by atoms with Crippen LogP contribution in [-0.2, 0) is 22.9 Å². The van der Waals surface area contributed by atoms with E-state index in [0.717, 1.165) is 34.5 Å². The number of alkyl halides is 3. The maximum Gasteiger partial charge on any atom is 0.416 e. The fraction of sp³-hybridized carbons (Fsp3) is 0.387. The molecule has 0 aliphatic rings. The third-order valence-corrected chi connectivity index (χ3v) is 6.42. The van der Waals surface area contributed by atoms with Gasteiger partial charge in [-0.1, -0.05) is 77.1 Å². The Bertz CT molecular complexity index is 1170. The molecule has 3 rings (SSSR count). The number of rotatable bonds is 8. The van der Waals surface area contributed by atoms with Crippen LogP contribution in [0.25, 0.3) is 11.1 Å². The number of nitrogens with one attached hydrogen (secondary N) is 1. The van der Waals surface area contributed by atoms with Crippen LogP contribution in [0.5, 0.6) is 0 Å². The molecule has 0 spiro atoms. The van der Waals surface area contributed by atoms with Crippen molar-refractivity contribution >= 4 is 11.5 Å². The monoisotopic (exact) mass is 495 g/mol. The summed E-state index contributed by atoms with van der Waals surface area (Å²) in [5, 5.41) is 3.46. The summed E-state index contributed by atoms with van der Waals surface area (Å²) in [6.07, 6.45) is -3.67. The first-order valence-corrected chi connectivity index (χ1v) is 12.4. The van der Waals surface area contributed by atoms with Gasteiger partial charge in [-0.25, -0.2) is 0 Å². The van der Waals surface area contributed by atoms with E-state index in [-0.39, 0.29) is 17.1 Å². The molecule has 36 heavy (non-hydrogen) atoms. The molecule has 0 heterocycles. The summed E-state index contributed by atoms with van der Waals surface area (Å²) in [5.74, 6) is 0.134. The Kier molecular flexibility index (Phi) is 8.33. The van der Waals surface area contributed by atoms with Crippen molar-refractivity contribution in [2.24, 2.45) is 5.92 Å². The molecule has 192 valence electrons. The molecule has 0 saturated carbocycles. The van der Waals surface area contributed by atoms with Gasteiger partial charge in [-0.3, -0.25) is 4.79 Å². The van der Waals surface area contributed by atoms with E-state index in [9.17, 15) is 18.0 Å². The van der Waals surface area contributed by atoms with E-state index in [1.165, 1.54) is 17.7 Å². The Morgan fingerprint density at radius 2 is 1.42 bits per heavy atom. The van der Waals surface area contributed by atoms with E-state index in [2.05, 4.69) is 64.2 Å². The smallest absolute Gasteiger partial charge is 0.381 e. The molecule has 1 unspecified atom stereocenters. The van der Waals surface area contributed by atoms with Crippen LogP contribution < -0.4 is 5.32 Å². The number of carbonyl (C=O) groups is 1. The maximum atomic E-state index is 13.1. The van der Waals surface area contributed by atoms with Gasteiger partial charge in [-0.2, -0.15) is 13.2 Å². The molecule has 0 radical (unpaired) electrons. The third-order valence-electron chi connectivity index (χ3n) is 6.42. The van der Waals surface area contributed by atoms with Gasteiger partial charge in [0.05, 0.1) is 5.56 Å². The SMILES string of the molecule is CC(=O)C(CC(C)C)c1cc(NCc2ccc(C(C)(C)C)cc2)cc(-c2ccc(C(F)(F)F)cc2)c1. The van der Waals surface area contributed by atoms with E-state index in [4.69, 9.17) is 0 Å². The van der Waals surface area contributed by atoms with Crippen molar-refractivity contribution in [3.8, 4) is 11.1 Å². The Balaban J connectivity index is 1.96. The normalized spacial score (nSPS) is 13.1. The molecular weight excluding hydrogens is 459 g/mol. The first-order chi connectivity index (χ1) is 16.7. The Labute approximate surface area is 212 Å². The molecule has 0 fully saturated rings. The molecule has 3 aromatic carbocycles. The largest absolute Gasteiger partial charge is 0.416 e. The first-order valence-electron chi connectivity index (χ1n) is 12.4. The number of Topliss-reactive ketones (excluding diaryl/α,β-unsaturated/α-hetero) is 1. The van der Waals surface area contributed by atoms with Gasteiger partial charge in [-0.15, -0.1) is 0 Å². The Hall–Kier alpha value is -3.08. The quantitative estimate of drug-likeness (QED) is 0.338. The summed E-state index contributed by atoms with van der Waals surface area (Å²) in [6, 6.07) is 19.5. The Morgan fingerprint density at radius 3 is 1.92 bits per heavy atom. The Morgan fingerprint density at radius 1 is 0.833 bits per heavy atom. The van der Waals surface area contributed by atoms with Crippen molar-refractivity contribution in [2.75, 3.05) is 5.32 Å². The molecule has 2 nitrogen and oxygen atoms in total. The number of carbonyl (C=O) groups excluding carboxylic acids is 1. The second kappa shape index (κ2) is 10.9. The van der Waals surface area contributed by atoms with E-state index in [1.54, 1.807) is 6.92 Å². The second-order valence-corrected chi connectivity index (χ2v) is 11.0. The summed E-state index contributed by atoms with van der Waals surface area (Å²) < 4.78 is 39.2. The van der Waals surface area contributed by atoms with Crippen molar-refractivity contribution in [3.05, 3.63) is 89.0 Å². The molecular formula is C31H36F3NO. The molecule has 0 aliphatic carbocycles. The maximum absolute atomic E-state index is 13.1. The minimum atomic E-state index is -4.38. The van der Waals surface area contributed by atoms with Crippen LogP contribution in [0, 0.1) is 5.92 Å². The number of ketones is 1. The number of hydrogen-bond donors (Lipinski definition) is 1. The number of halogens is 3. The summed E-state index contributed by atoms with van der Waals surface area (Å²) in [7, 11) is 0. The molecule has 0 aliphatic heterocycles. The molecule has 0 amide bonds. The van der Waals surface area contributed by atoms with E-state index >= 15 is 0 Å². The van der Waals surface area contributed by atoms with E-state index < -0.39 is 11.7 Å². The number of benzene rings is 3. The van der Waals surface area contributed by atoms with Gasteiger partial charge in [0.25, 0.3) is 0 Å². The molecule has 0 saturated heterocycles. The highest BCUT2D eigenvalue weighted by Crippen LogP contribution is 2.35. The van der Waals surface area contributed by atoms with Crippen LogP contribution in [0.3, 0.4) is 0 Å². The number of hydrogen-bond acceptors (Lipinski definition) is 2. The van der Waals surface area contributed by atoms with Crippen molar-refractivity contribution in [2.45, 2.75) is 72.0 Å². The highest BCUT2D eigenvalue weighted by molar-refractivity contribution is 5.84. The predicted molar refractivity (Wildman–Crippen MR) is 142 cm³/mol.